The van der Waals surface area contributed by atoms with Crippen LogP contribution in [-0.4, -0.2) is 37.2 Å². The first-order valence-electron chi connectivity index (χ1n) is 8.23. The van der Waals surface area contributed by atoms with Gasteiger partial charge in [-0.3, -0.25) is 4.55 Å². The second-order valence-corrected chi connectivity index (χ2v) is 7.18. The van der Waals surface area contributed by atoms with E-state index in [9.17, 15) is 13.2 Å². The molecule has 1 fully saturated rings. The van der Waals surface area contributed by atoms with Crippen LogP contribution in [0, 0.1) is 11.7 Å². The van der Waals surface area contributed by atoms with Gasteiger partial charge in [-0.1, -0.05) is 6.92 Å². The molecule has 2 N–H and O–H groups in total. The number of anilines is 1. The molecule has 0 amide bonds. The van der Waals surface area contributed by atoms with Crippen LogP contribution in [0.25, 0.3) is 11.1 Å². The van der Waals surface area contributed by atoms with E-state index in [1.165, 1.54) is 12.1 Å². The fraction of sp³-hybridized carbons (Fsp3) is 0.562. The third kappa shape index (κ3) is 4.12. The van der Waals surface area contributed by atoms with Gasteiger partial charge in [-0.25, -0.2) is 12.9 Å². The summed E-state index contributed by atoms with van der Waals surface area (Å²) in [6.07, 6.45) is 3.88. The van der Waals surface area contributed by atoms with E-state index in [0.717, 1.165) is 25.7 Å². The third-order valence-electron chi connectivity index (χ3n) is 4.56. The van der Waals surface area contributed by atoms with Crippen LogP contribution in [0.2, 0.25) is 0 Å². The summed E-state index contributed by atoms with van der Waals surface area (Å²) in [5.74, 6) is 0.0986. The summed E-state index contributed by atoms with van der Waals surface area (Å²) in [6, 6.07) is 4.97. The van der Waals surface area contributed by atoms with Crippen molar-refractivity contribution >= 4 is 28.4 Å². The van der Waals surface area contributed by atoms with E-state index in [2.05, 4.69) is 10.3 Å². The lowest BCUT2D eigenvalue weighted by molar-refractivity contribution is 0.271. The molecule has 24 heavy (non-hydrogen) atoms. The number of hydrogen-bond donors (Lipinski definition) is 2. The zero-order valence-electron chi connectivity index (χ0n) is 13.6. The molecule has 6 nitrogen and oxygen atoms in total. The summed E-state index contributed by atoms with van der Waals surface area (Å²) < 4.78 is 40.8. The van der Waals surface area contributed by atoms with Crippen molar-refractivity contribution < 1.29 is 17.6 Å². The second kappa shape index (κ2) is 7.58. The van der Waals surface area contributed by atoms with Crippen molar-refractivity contribution in [3.8, 4) is 0 Å². The van der Waals surface area contributed by atoms with Crippen LogP contribution >= 0.6 is 0 Å². The molecule has 0 bridgehead atoms. The van der Waals surface area contributed by atoms with Crippen molar-refractivity contribution in [1.82, 2.24) is 9.29 Å². The van der Waals surface area contributed by atoms with Crippen molar-refractivity contribution in [2.45, 2.75) is 38.6 Å². The van der Waals surface area contributed by atoms with Crippen LogP contribution in [0.3, 0.4) is 0 Å². The molecule has 1 heterocycles. The average molecular weight is 355 g/mol. The number of aromatic nitrogens is 1. The largest absolute Gasteiger partial charge is 0.424 e. The number of fused-ring (bicyclic) bond motifs is 1. The van der Waals surface area contributed by atoms with Gasteiger partial charge in [0.25, 0.3) is 6.01 Å². The number of halogens is 1. The Balaban J connectivity index is 1.53. The smallest absolute Gasteiger partial charge is 0.295 e. The van der Waals surface area contributed by atoms with E-state index < -0.39 is 11.3 Å². The minimum absolute atomic E-state index is 0.258. The highest BCUT2D eigenvalue weighted by Crippen LogP contribution is 2.28. The van der Waals surface area contributed by atoms with E-state index in [4.69, 9.17) is 4.42 Å². The van der Waals surface area contributed by atoms with Crippen molar-refractivity contribution in [3.05, 3.63) is 24.0 Å². The molecule has 2 aromatic rings. The van der Waals surface area contributed by atoms with E-state index >= 15 is 0 Å². The van der Waals surface area contributed by atoms with Gasteiger partial charge >= 0.3 is 0 Å². The number of nitrogens with one attached hydrogen (secondary N) is 1. The van der Waals surface area contributed by atoms with Crippen LogP contribution in [0.5, 0.6) is 0 Å². The maximum atomic E-state index is 13.2. The molecule has 0 spiro atoms. The van der Waals surface area contributed by atoms with Gasteiger partial charge in [0.15, 0.2) is 5.58 Å². The van der Waals surface area contributed by atoms with E-state index in [1.807, 2.05) is 6.92 Å². The normalized spacial score (nSPS) is 22.8. The van der Waals surface area contributed by atoms with Gasteiger partial charge in [0.1, 0.15) is 11.3 Å². The summed E-state index contributed by atoms with van der Waals surface area (Å²) in [4.78, 5) is 4.27. The standard InChI is InChI=1S/C16H22FN3O3S/c1-2-20(24(21)22)10-11-3-6-13(7-4-11)18-16-19-14-9-12(17)5-8-15(14)23-16/h5,8-9,11,13H,2-4,6-7,10H2,1H3,(H,18,19)(H,21,22). The summed E-state index contributed by atoms with van der Waals surface area (Å²) in [5, 5.41) is 3.28. The van der Waals surface area contributed by atoms with Gasteiger partial charge in [0.05, 0.1) is 0 Å². The highest BCUT2D eigenvalue weighted by atomic mass is 32.2. The lowest BCUT2D eigenvalue weighted by Crippen LogP contribution is -2.35. The predicted octanol–water partition coefficient (Wildman–Crippen LogP) is 3.40. The minimum atomic E-state index is -1.89. The molecule has 1 aliphatic carbocycles. The first-order valence-corrected chi connectivity index (χ1v) is 9.30. The Kier molecular flexibility index (Phi) is 5.47. The molecule has 0 aliphatic heterocycles. The van der Waals surface area contributed by atoms with E-state index in [0.29, 0.717) is 36.1 Å². The van der Waals surface area contributed by atoms with Crippen LogP contribution < -0.4 is 5.32 Å². The number of rotatable bonds is 6. The summed E-state index contributed by atoms with van der Waals surface area (Å²) in [7, 11) is 0. The van der Waals surface area contributed by atoms with E-state index in [1.54, 1.807) is 10.4 Å². The molecule has 1 aliphatic rings. The molecular formula is C16H22FN3O3S. The molecule has 1 aromatic heterocycles. The number of nitrogens with zero attached hydrogens (tertiary/aromatic N) is 2. The van der Waals surface area contributed by atoms with Crippen LogP contribution in [0.1, 0.15) is 32.6 Å². The van der Waals surface area contributed by atoms with Gasteiger partial charge in [0.2, 0.25) is 11.3 Å². The lowest BCUT2D eigenvalue weighted by atomic mass is 9.86. The van der Waals surface area contributed by atoms with E-state index in [-0.39, 0.29) is 11.9 Å². The van der Waals surface area contributed by atoms with Gasteiger partial charge in [-0.2, -0.15) is 4.98 Å². The van der Waals surface area contributed by atoms with Gasteiger partial charge in [-0.05, 0) is 43.7 Å². The Hall–Kier alpha value is -1.51. The van der Waals surface area contributed by atoms with Crippen LogP contribution in [-0.2, 0) is 11.3 Å². The fourth-order valence-corrected chi connectivity index (χ4v) is 3.78. The third-order valence-corrected chi connectivity index (χ3v) is 5.41. The lowest BCUT2D eigenvalue weighted by Gasteiger charge is -2.30. The Morgan fingerprint density at radius 3 is 2.83 bits per heavy atom. The van der Waals surface area contributed by atoms with Gasteiger partial charge in [-0.15, -0.1) is 0 Å². The number of benzene rings is 1. The minimum Gasteiger partial charge on any atom is -0.424 e. The zero-order valence-corrected chi connectivity index (χ0v) is 14.4. The van der Waals surface area contributed by atoms with Gasteiger partial charge < -0.3 is 9.73 Å². The Morgan fingerprint density at radius 1 is 1.42 bits per heavy atom. The highest BCUT2D eigenvalue weighted by Gasteiger charge is 2.25. The fourth-order valence-electron chi connectivity index (χ4n) is 3.22. The van der Waals surface area contributed by atoms with Crippen LogP contribution in [0.15, 0.2) is 22.6 Å². The first kappa shape index (κ1) is 17.3. The molecule has 3 rings (SSSR count). The molecule has 0 saturated heterocycles. The van der Waals surface area contributed by atoms with Crippen LogP contribution in [0.4, 0.5) is 10.4 Å². The van der Waals surface area contributed by atoms with Crippen molar-refractivity contribution in [3.63, 3.8) is 0 Å². The quantitative estimate of drug-likeness (QED) is 0.777. The maximum Gasteiger partial charge on any atom is 0.295 e. The molecule has 132 valence electrons. The Morgan fingerprint density at radius 2 is 2.17 bits per heavy atom. The highest BCUT2D eigenvalue weighted by molar-refractivity contribution is 7.76. The Bertz CT molecular complexity index is 716. The summed E-state index contributed by atoms with van der Waals surface area (Å²) in [6.45, 7) is 3.10. The van der Waals surface area contributed by atoms with Gasteiger partial charge in [0, 0.05) is 25.2 Å². The SMILES string of the molecule is CCN(CC1CCC(Nc2nc3cc(F)ccc3o2)CC1)S(=O)O. The zero-order chi connectivity index (χ0) is 17.1. The number of hydrogen-bond acceptors (Lipinski definition) is 4. The molecule has 1 unspecified atom stereocenters. The summed E-state index contributed by atoms with van der Waals surface area (Å²) in [5.41, 5.74) is 1.08. The summed E-state index contributed by atoms with van der Waals surface area (Å²) >= 11 is -1.89. The van der Waals surface area contributed by atoms with Crippen molar-refractivity contribution in [1.29, 1.82) is 0 Å². The average Bonchev–Trinajstić information content (AvgIpc) is 2.95. The van der Waals surface area contributed by atoms with Crippen molar-refractivity contribution in [2.75, 3.05) is 18.4 Å². The Labute approximate surface area is 142 Å². The molecule has 0 radical (unpaired) electrons. The molecule has 1 aromatic carbocycles. The predicted molar refractivity (Wildman–Crippen MR) is 91.4 cm³/mol. The molecule has 8 heteroatoms. The maximum absolute atomic E-state index is 13.2. The number of oxazole rings is 1. The monoisotopic (exact) mass is 355 g/mol. The first-order chi connectivity index (χ1) is 11.5. The molecule has 1 atom stereocenters. The molecule has 1 saturated carbocycles. The van der Waals surface area contributed by atoms with Crippen molar-refractivity contribution in [2.24, 2.45) is 5.92 Å². The second-order valence-electron chi connectivity index (χ2n) is 6.20. The topological polar surface area (TPSA) is 78.6 Å². The molecular weight excluding hydrogens is 333 g/mol.